The van der Waals surface area contributed by atoms with E-state index in [1.54, 1.807) is 11.8 Å². The molecule has 0 spiro atoms. The highest BCUT2D eigenvalue weighted by molar-refractivity contribution is 8.00. The lowest BCUT2D eigenvalue weighted by atomic mass is 10.2. The highest BCUT2D eigenvalue weighted by Crippen LogP contribution is 2.23. The van der Waals surface area contributed by atoms with Crippen molar-refractivity contribution in [2.45, 2.75) is 23.7 Å². The molecule has 0 saturated heterocycles. The van der Waals surface area contributed by atoms with Gasteiger partial charge in [0.15, 0.2) is 0 Å². The molecule has 2 aromatic carbocycles. The standard InChI is InChI=1S/C18H20O3S/c1-15(19)21-14-18(22-17-10-6-3-7-11-17)13-20-12-16-8-4-2-5-9-16/h2-11,18H,12-14H2,1H3. The summed E-state index contributed by atoms with van der Waals surface area (Å²) in [5, 5.41) is 0.0787. The third kappa shape index (κ3) is 6.33. The van der Waals surface area contributed by atoms with Crippen molar-refractivity contribution in [2.75, 3.05) is 13.2 Å². The average Bonchev–Trinajstić information content (AvgIpc) is 2.54. The van der Waals surface area contributed by atoms with Crippen LogP contribution in [0.2, 0.25) is 0 Å². The molecule has 116 valence electrons. The molecule has 0 amide bonds. The van der Waals surface area contributed by atoms with Crippen molar-refractivity contribution in [3.05, 3.63) is 66.2 Å². The van der Waals surface area contributed by atoms with Gasteiger partial charge in [0.2, 0.25) is 0 Å². The van der Waals surface area contributed by atoms with Crippen molar-refractivity contribution in [3.8, 4) is 0 Å². The molecular formula is C18H20O3S. The first-order valence-electron chi connectivity index (χ1n) is 7.21. The smallest absolute Gasteiger partial charge is 0.302 e. The van der Waals surface area contributed by atoms with Gasteiger partial charge in [-0.25, -0.2) is 0 Å². The Morgan fingerprint density at radius 3 is 2.27 bits per heavy atom. The average molecular weight is 316 g/mol. The molecule has 22 heavy (non-hydrogen) atoms. The van der Waals surface area contributed by atoms with Gasteiger partial charge in [0, 0.05) is 11.8 Å². The first-order valence-corrected chi connectivity index (χ1v) is 8.09. The molecule has 0 aromatic heterocycles. The molecule has 0 bridgehead atoms. The summed E-state index contributed by atoms with van der Waals surface area (Å²) in [6, 6.07) is 20.1. The number of thioether (sulfide) groups is 1. The molecule has 2 aromatic rings. The quantitative estimate of drug-likeness (QED) is 0.546. The van der Waals surface area contributed by atoms with Gasteiger partial charge in [-0.2, -0.15) is 0 Å². The molecule has 1 atom stereocenters. The lowest BCUT2D eigenvalue weighted by Gasteiger charge is -2.16. The minimum atomic E-state index is -0.262. The summed E-state index contributed by atoms with van der Waals surface area (Å²) in [4.78, 5) is 12.2. The molecule has 0 aliphatic carbocycles. The van der Waals surface area contributed by atoms with Gasteiger partial charge in [0.1, 0.15) is 6.61 Å². The van der Waals surface area contributed by atoms with Gasteiger partial charge < -0.3 is 9.47 Å². The van der Waals surface area contributed by atoms with Gasteiger partial charge in [-0.3, -0.25) is 4.79 Å². The summed E-state index contributed by atoms with van der Waals surface area (Å²) in [6.45, 7) is 2.87. The Morgan fingerprint density at radius 1 is 1.00 bits per heavy atom. The second kappa shape index (κ2) is 9.28. The molecule has 2 rings (SSSR count). The molecule has 0 aliphatic heterocycles. The number of esters is 1. The Labute approximate surface area is 135 Å². The first-order chi connectivity index (χ1) is 10.7. The molecule has 1 unspecified atom stereocenters. The molecule has 0 saturated carbocycles. The van der Waals surface area contributed by atoms with Crippen LogP contribution in [-0.2, 0) is 20.9 Å². The second-order valence-electron chi connectivity index (χ2n) is 4.86. The molecular weight excluding hydrogens is 296 g/mol. The van der Waals surface area contributed by atoms with Crippen LogP contribution in [0.3, 0.4) is 0 Å². The van der Waals surface area contributed by atoms with Crippen LogP contribution in [0.4, 0.5) is 0 Å². The van der Waals surface area contributed by atoms with Crippen molar-refractivity contribution >= 4 is 17.7 Å². The molecule has 4 heteroatoms. The normalized spacial score (nSPS) is 11.9. The first kappa shape index (κ1) is 16.6. The third-order valence-corrected chi connectivity index (χ3v) is 4.08. The molecule has 0 aliphatic rings. The molecule has 0 radical (unpaired) electrons. The van der Waals surface area contributed by atoms with Crippen LogP contribution >= 0.6 is 11.8 Å². The highest BCUT2D eigenvalue weighted by Gasteiger charge is 2.13. The summed E-state index contributed by atoms with van der Waals surface area (Å²) >= 11 is 1.66. The summed E-state index contributed by atoms with van der Waals surface area (Å²) in [5.41, 5.74) is 1.14. The van der Waals surface area contributed by atoms with Crippen molar-refractivity contribution in [2.24, 2.45) is 0 Å². The van der Waals surface area contributed by atoms with E-state index in [0.717, 1.165) is 10.5 Å². The summed E-state index contributed by atoms with van der Waals surface area (Å²) < 4.78 is 10.9. The van der Waals surface area contributed by atoms with Crippen molar-refractivity contribution in [3.63, 3.8) is 0 Å². The Hall–Kier alpha value is -1.78. The fourth-order valence-corrected chi connectivity index (χ4v) is 2.90. The third-order valence-electron chi connectivity index (χ3n) is 2.93. The van der Waals surface area contributed by atoms with Gasteiger partial charge in [-0.05, 0) is 17.7 Å². The summed E-state index contributed by atoms with van der Waals surface area (Å²) in [5.74, 6) is -0.262. The highest BCUT2D eigenvalue weighted by atomic mass is 32.2. The van der Waals surface area contributed by atoms with Gasteiger partial charge in [0.25, 0.3) is 0 Å². The van der Waals surface area contributed by atoms with Crippen LogP contribution in [0.1, 0.15) is 12.5 Å². The Balaban J connectivity index is 1.85. The minimum absolute atomic E-state index is 0.0787. The van der Waals surface area contributed by atoms with E-state index in [9.17, 15) is 4.79 Å². The van der Waals surface area contributed by atoms with Crippen LogP contribution in [0.15, 0.2) is 65.6 Å². The summed E-state index contributed by atoms with van der Waals surface area (Å²) in [7, 11) is 0. The van der Waals surface area contributed by atoms with E-state index >= 15 is 0 Å². The number of hydrogen-bond acceptors (Lipinski definition) is 4. The maximum absolute atomic E-state index is 11.0. The maximum atomic E-state index is 11.0. The number of hydrogen-bond donors (Lipinski definition) is 0. The molecule has 0 heterocycles. The van der Waals surface area contributed by atoms with Crippen LogP contribution in [0.25, 0.3) is 0 Å². The number of rotatable bonds is 8. The van der Waals surface area contributed by atoms with E-state index in [1.807, 2.05) is 60.7 Å². The lowest BCUT2D eigenvalue weighted by Crippen LogP contribution is -2.20. The van der Waals surface area contributed by atoms with Crippen LogP contribution in [0.5, 0.6) is 0 Å². The van der Waals surface area contributed by atoms with E-state index in [1.165, 1.54) is 6.92 Å². The van der Waals surface area contributed by atoms with Crippen LogP contribution in [0, 0.1) is 0 Å². The number of carbonyl (C=O) groups excluding carboxylic acids is 1. The predicted octanol–water partition coefficient (Wildman–Crippen LogP) is 3.93. The Morgan fingerprint density at radius 2 is 1.64 bits per heavy atom. The largest absolute Gasteiger partial charge is 0.465 e. The summed E-state index contributed by atoms with van der Waals surface area (Å²) in [6.07, 6.45) is 0. The zero-order valence-corrected chi connectivity index (χ0v) is 13.4. The maximum Gasteiger partial charge on any atom is 0.302 e. The van der Waals surface area contributed by atoms with Crippen molar-refractivity contribution in [1.29, 1.82) is 0 Å². The number of benzene rings is 2. The molecule has 3 nitrogen and oxygen atoms in total. The van der Waals surface area contributed by atoms with Crippen LogP contribution in [-0.4, -0.2) is 24.4 Å². The van der Waals surface area contributed by atoms with Gasteiger partial charge >= 0.3 is 5.97 Å². The fraction of sp³-hybridized carbons (Fsp3) is 0.278. The molecule has 0 N–H and O–H groups in total. The Bertz CT molecular complexity index is 557. The second-order valence-corrected chi connectivity index (χ2v) is 6.23. The van der Waals surface area contributed by atoms with E-state index in [-0.39, 0.29) is 11.2 Å². The SMILES string of the molecule is CC(=O)OCC(COCc1ccccc1)Sc1ccccc1. The lowest BCUT2D eigenvalue weighted by molar-refractivity contribution is -0.141. The fourth-order valence-electron chi connectivity index (χ4n) is 1.90. The molecule has 0 fully saturated rings. The number of carbonyl (C=O) groups is 1. The van der Waals surface area contributed by atoms with E-state index in [0.29, 0.717) is 19.8 Å². The zero-order valence-electron chi connectivity index (χ0n) is 12.6. The van der Waals surface area contributed by atoms with Crippen LogP contribution < -0.4 is 0 Å². The van der Waals surface area contributed by atoms with E-state index in [4.69, 9.17) is 9.47 Å². The van der Waals surface area contributed by atoms with Gasteiger partial charge in [-0.15, -0.1) is 11.8 Å². The minimum Gasteiger partial charge on any atom is -0.465 e. The Kier molecular flexibility index (Phi) is 7.00. The topological polar surface area (TPSA) is 35.5 Å². The van der Waals surface area contributed by atoms with Gasteiger partial charge in [-0.1, -0.05) is 48.5 Å². The predicted molar refractivity (Wildman–Crippen MR) is 88.8 cm³/mol. The zero-order chi connectivity index (χ0) is 15.6. The monoisotopic (exact) mass is 316 g/mol. The number of ether oxygens (including phenoxy) is 2. The van der Waals surface area contributed by atoms with Gasteiger partial charge in [0.05, 0.1) is 18.5 Å². The van der Waals surface area contributed by atoms with Crippen molar-refractivity contribution in [1.82, 2.24) is 0 Å². The van der Waals surface area contributed by atoms with E-state index < -0.39 is 0 Å². The van der Waals surface area contributed by atoms with Crippen molar-refractivity contribution < 1.29 is 14.3 Å². The van der Waals surface area contributed by atoms with E-state index in [2.05, 4.69) is 0 Å².